The molecule has 0 saturated heterocycles. The second kappa shape index (κ2) is 7.77. The molecule has 28 heavy (non-hydrogen) atoms. The maximum Gasteiger partial charge on any atom is 0.251 e. The molecule has 0 aliphatic rings. The maximum absolute atomic E-state index is 12.8. The van der Waals surface area contributed by atoms with Gasteiger partial charge in [-0.25, -0.2) is 4.98 Å². The Labute approximate surface area is 162 Å². The third-order valence-corrected chi connectivity index (χ3v) is 4.60. The molecule has 4 aromatic rings. The number of nitriles is 1. The van der Waals surface area contributed by atoms with Crippen LogP contribution in [-0.4, -0.2) is 22.4 Å². The van der Waals surface area contributed by atoms with Crippen LogP contribution in [0.2, 0.25) is 0 Å². The van der Waals surface area contributed by atoms with Crippen molar-refractivity contribution in [2.75, 3.05) is 6.54 Å². The summed E-state index contributed by atoms with van der Waals surface area (Å²) >= 11 is 0. The minimum absolute atomic E-state index is 0.167. The summed E-state index contributed by atoms with van der Waals surface area (Å²) < 4.78 is 0. The molecule has 0 aliphatic heterocycles. The lowest BCUT2D eigenvalue weighted by Crippen LogP contribution is -2.26. The van der Waals surface area contributed by atoms with Crippen LogP contribution in [0.4, 0.5) is 0 Å². The first-order valence-corrected chi connectivity index (χ1v) is 9.06. The molecule has 1 amide bonds. The number of rotatable bonds is 5. The Hall–Kier alpha value is -3.91. The largest absolute Gasteiger partial charge is 0.352 e. The van der Waals surface area contributed by atoms with Crippen molar-refractivity contribution < 1.29 is 4.79 Å². The van der Waals surface area contributed by atoms with E-state index in [-0.39, 0.29) is 5.91 Å². The van der Waals surface area contributed by atoms with E-state index in [0.717, 1.165) is 28.0 Å². The van der Waals surface area contributed by atoms with E-state index in [0.29, 0.717) is 24.1 Å². The van der Waals surface area contributed by atoms with Gasteiger partial charge < -0.3 is 10.3 Å². The average Bonchev–Trinajstić information content (AvgIpc) is 3.16. The molecule has 2 N–H and O–H groups in total. The summed E-state index contributed by atoms with van der Waals surface area (Å²) in [6.45, 7) is 0.465. The van der Waals surface area contributed by atoms with Crippen molar-refractivity contribution in [3.8, 4) is 17.2 Å². The molecule has 136 valence electrons. The first-order valence-electron chi connectivity index (χ1n) is 9.06. The minimum Gasteiger partial charge on any atom is -0.352 e. The molecule has 0 bridgehead atoms. The van der Waals surface area contributed by atoms with Crippen LogP contribution < -0.4 is 5.32 Å². The van der Waals surface area contributed by atoms with E-state index in [4.69, 9.17) is 0 Å². The molecule has 0 unspecified atom stereocenters. The molecule has 0 radical (unpaired) electrons. The fourth-order valence-corrected chi connectivity index (χ4v) is 3.25. The van der Waals surface area contributed by atoms with Gasteiger partial charge in [0.2, 0.25) is 0 Å². The van der Waals surface area contributed by atoms with Gasteiger partial charge in [-0.05, 0) is 29.8 Å². The highest BCUT2D eigenvalue weighted by Gasteiger charge is 2.14. The second-order valence-electron chi connectivity index (χ2n) is 6.41. The molecule has 1 heterocycles. The molecule has 4 rings (SSSR count). The highest BCUT2D eigenvalue weighted by molar-refractivity contribution is 6.01. The molecule has 0 atom stereocenters. The molecule has 0 aliphatic carbocycles. The number of benzene rings is 3. The Morgan fingerprint density at radius 2 is 1.68 bits per heavy atom. The highest BCUT2D eigenvalue weighted by Crippen LogP contribution is 2.26. The number of aromatic nitrogens is 2. The average molecular weight is 366 g/mol. The predicted molar refractivity (Wildman–Crippen MR) is 109 cm³/mol. The van der Waals surface area contributed by atoms with Crippen LogP contribution in [0.15, 0.2) is 72.8 Å². The lowest BCUT2D eigenvalue weighted by atomic mass is 9.95. The number of aromatic amines is 1. The monoisotopic (exact) mass is 366 g/mol. The Kier molecular flexibility index (Phi) is 4.85. The van der Waals surface area contributed by atoms with Gasteiger partial charge in [0.1, 0.15) is 5.82 Å². The summed E-state index contributed by atoms with van der Waals surface area (Å²) in [7, 11) is 0. The lowest BCUT2D eigenvalue weighted by Gasteiger charge is -2.11. The van der Waals surface area contributed by atoms with E-state index in [1.165, 1.54) is 0 Å². The molecule has 1 aromatic heterocycles. The van der Waals surface area contributed by atoms with Crippen molar-refractivity contribution in [1.29, 1.82) is 5.26 Å². The standard InChI is InChI=1S/C23H18N4O/c24-15-16-7-1-2-8-17(16)18-9-3-4-10-19(18)23(28)25-14-13-22-26-20-11-5-6-12-21(20)27-22/h1-12H,13-14H2,(H,25,28)(H,26,27). The Bertz CT molecular complexity index is 1150. The summed E-state index contributed by atoms with van der Waals surface area (Å²) in [5.74, 6) is 0.670. The van der Waals surface area contributed by atoms with Crippen molar-refractivity contribution in [2.24, 2.45) is 0 Å². The van der Waals surface area contributed by atoms with Gasteiger partial charge in [0, 0.05) is 24.1 Å². The van der Waals surface area contributed by atoms with E-state index >= 15 is 0 Å². The molecule has 0 fully saturated rings. The van der Waals surface area contributed by atoms with Gasteiger partial charge in [0.15, 0.2) is 0 Å². The van der Waals surface area contributed by atoms with Gasteiger partial charge in [-0.15, -0.1) is 0 Å². The van der Waals surface area contributed by atoms with Crippen molar-refractivity contribution in [1.82, 2.24) is 15.3 Å². The summed E-state index contributed by atoms with van der Waals surface area (Å²) in [5, 5.41) is 12.3. The number of carbonyl (C=O) groups excluding carboxylic acids is 1. The van der Waals surface area contributed by atoms with Crippen LogP contribution in [0, 0.1) is 11.3 Å². The first-order chi connectivity index (χ1) is 13.8. The van der Waals surface area contributed by atoms with Crippen LogP contribution in [0.25, 0.3) is 22.2 Å². The van der Waals surface area contributed by atoms with Crippen LogP contribution >= 0.6 is 0 Å². The van der Waals surface area contributed by atoms with E-state index in [2.05, 4.69) is 21.4 Å². The van der Waals surface area contributed by atoms with E-state index in [1.807, 2.05) is 60.7 Å². The van der Waals surface area contributed by atoms with E-state index < -0.39 is 0 Å². The number of imidazole rings is 1. The quantitative estimate of drug-likeness (QED) is 0.558. The SMILES string of the molecule is N#Cc1ccccc1-c1ccccc1C(=O)NCCc1nc2ccccc2[nH]1. The summed E-state index contributed by atoms with van der Waals surface area (Å²) in [5.41, 5.74) is 4.51. The van der Waals surface area contributed by atoms with Crippen molar-refractivity contribution in [3.63, 3.8) is 0 Å². The normalized spacial score (nSPS) is 10.5. The Morgan fingerprint density at radius 1 is 0.964 bits per heavy atom. The highest BCUT2D eigenvalue weighted by atomic mass is 16.1. The number of nitrogens with zero attached hydrogens (tertiary/aromatic N) is 2. The smallest absolute Gasteiger partial charge is 0.251 e. The van der Waals surface area contributed by atoms with Gasteiger partial charge in [0.05, 0.1) is 22.7 Å². The van der Waals surface area contributed by atoms with Crippen molar-refractivity contribution in [3.05, 3.63) is 89.7 Å². The summed E-state index contributed by atoms with van der Waals surface area (Å²) in [6.07, 6.45) is 0.609. The third kappa shape index (κ3) is 3.49. The first kappa shape index (κ1) is 17.5. The fraction of sp³-hybridized carbons (Fsp3) is 0.0870. The Balaban J connectivity index is 1.50. The summed E-state index contributed by atoms with van der Waals surface area (Å²) in [6, 6.07) is 24.7. The molecule has 3 aromatic carbocycles. The Morgan fingerprint density at radius 3 is 2.50 bits per heavy atom. The number of H-pyrrole nitrogens is 1. The number of para-hydroxylation sites is 2. The number of hydrogen-bond donors (Lipinski definition) is 2. The van der Waals surface area contributed by atoms with E-state index in [9.17, 15) is 10.1 Å². The fourth-order valence-electron chi connectivity index (χ4n) is 3.25. The topological polar surface area (TPSA) is 81.6 Å². The lowest BCUT2D eigenvalue weighted by molar-refractivity contribution is 0.0954. The summed E-state index contributed by atoms with van der Waals surface area (Å²) in [4.78, 5) is 20.6. The zero-order chi connectivity index (χ0) is 19.3. The molecule has 5 nitrogen and oxygen atoms in total. The number of amides is 1. The van der Waals surface area contributed by atoms with Crippen LogP contribution in [0.3, 0.4) is 0 Å². The van der Waals surface area contributed by atoms with Gasteiger partial charge in [-0.1, -0.05) is 48.5 Å². The molecular formula is C23H18N4O. The number of nitrogens with one attached hydrogen (secondary N) is 2. The minimum atomic E-state index is -0.167. The number of fused-ring (bicyclic) bond motifs is 1. The van der Waals surface area contributed by atoms with Crippen molar-refractivity contribution in [2.45, 2.75) is 6.42 Å². The van der Waals surface area contributed by atoms with Crippen molar-refractivity contribution >= 4 is 16.9 Å². The van der Waals surface area contributed by atoms with Crippen LogP contribution in [-0.2, 0) is 6.42 Å². The molecule has 0 spiro atoms. The number of carbonyl (C=O) groups is 1. The second-order valence-corrected chi connectivity index (χ2v) is 6.41. The third-order valence-electron chi connectivity index (χ3n) is 4.60. The van der Waals surface area contributed by atoms with E-state index in [1.54, 1.807) is 12.1 Å². The van der Waals surface area contributed by atoms with Crippen LogP contribution in [0.1, 0.15) is 21.7 Å². The van der Waals surface area contributed by atoms with Gasteiger partial charge in [-0.3, -0.25) is 4.79 Å². The zero-order valence-corrected chi connectivity index (χ0v) is 15.1. The molecular weight excluding hydrogens is 348 g/mol. The maximum atomic E-state index is 12.8. The number of hydrogen-bond acceptors (Lipinski definition) is 3. The van der Waals surface area contributed by atoms with Gasteiger partial charge >= 0.3 is 0 Å². The van der Waals surface area contributed by atoms with Crippen LogP contribution in [0.5, 0.6) is 0 Å². The van der Waals surface area contributed by atoms with Gasteiger partial charge in [0.25, 0.3) is 5.91 Å². The predicted octanol–water partition coefficient (Wildman–Crippen LogP) is 4.07. The molecule has 5 heteroatoms. The zero-order valence-electron chi connectivity index (χ0n) is 15.1. The van der Waals surface area contributed by atoms with Gasteiger partial charge in [-0.2, -0.15) is 5.26 Å². The molecule has 0 saturated carbocycles.